The van der Waals surface area contributed by atoms with Crippen LogP contribution >= 0.6 is 0 Å². The monoisotopic (exact) mass is 246 g/mol. The molecule has 1 aliphatic heterocycles. The molecular formula is C15H22N2O. The van der Waals surface area contributed by atoms with Gasteiger partial charge in [-0.05, 0) is 49.7 Å². The largest absolute Gasteiger partial charge is 0.381 e. The molecule has 3 nitrogen and oxygen atoms in total. The summed E-state index contributed by atoms with van der Waals surface area (Å²) >= 11 is 0. The van der Waals surface area contributed by atoms with Crippen LogP contribution in [-0.2, 0) is 11.2 Å². The van der Waals surface area contributed by atoms with Crippen LogP contribution in [0.1, 0.15) is 43.0 Å². The van der Waals surface area contributed by atoms with Crippen LogP contribution in [0.4, 0.5) is 0 Å². The number of rotatable bonds is 3. The first-order valence-electron chi connectivity index (χ1n) is 7.18. The summed E-state index contributed by atoms with van der Waals surface area (Å²) in [6.07, 6.45) is 8.12. The Morgan fingerprint density at radius 2 is 2.33 bits per heavy atom. The van der Waals surface area contributed by atoms with E-state index in [0.717, 1.165) is 19.8 Å². The zero-order valence-corrected chi connectivity index (χ0v) is 10.9. The second-order valence-electron chi connectivity index (χ2n) is 5.48. The maximum Gasteiger partial charge on any atom is 0.0605 e. The second-order valence-corrected chi connectivity index (χ2v) is 5.48. The minimum absolute atomic E-state index is 0.455. The Balaban J connectivity index is 1.60. The van der Waals surface area contributed by atoms with Gasteiger partial charge in [0.2, 0.25) is 0 Å². The van der Waals surface area contributed by atoms with Crippen LogP contribution in [0.25, 0.3) is 0 Å². The van der Waals surface area contributed by atoms with Gasteiger partial charge in [-0.1, -0.05) is 6.07 Å². The fourth-order valence-electron chi connectivity index (χ4n) is 3.09. The topological polar surface area (TPSA) is 34.2 Å². The molecule has 3 rings (SSSR count). The lowest BCUT2D eigenvalue weighted by atomic mass is 9.91. The maximum absolute atomic E-state index is 5.54. The van der Waals surface area contributed by atoms with E-state index in [-0.39, 0.29) is 0 Å². The number of hydrogen-bond acceptors (Lipinski definition) is 3. The molecule has 0 amide bonds. The molecule has 0 bridgehead atoms. The third-order valence-electron chi connectivity index (χ3n) is 4.10. The molecule has 2 atom stereocenters. The lowest BCUT2D eigenvalue weighted by Crippen LogP contribution is -2.33. The third kappa shape index (κ3) is 2.73. The highest BCUT2D eigenvalue weighted by Crippen LogP contribution is 2.28. The maximum atomic E-state index is 5.54. The van der Waals surface area contributed by atoms with Gasteiger partial charge in [0.25, 0.3) is 0 Å². The average molecular weight is 246 g/mol. The smallest absolute Gasteiger partial charge is 0.0605 e. The van der Waals surface area contributed by atoms with Crippen molar-refractivity contribution >= 4 is 0 Å². The van der Waals surface area contributed by atoms with E-state index in [1.54, 1.807) is 0 Å². The molecule has 2 unspecified atom stereocenters. The lowest BCUT2D eigenvalue weighted by Gasteiger charge is -2.28. The average Bonchev–Trinajstić information content (AvgIpc) is 2.46. The first kappa shape index (κ1) is 12.1. The molecule has 1 N–H and O–H groups in total. The van der Waals surface area contributed by atoms with Crippen LogP contribution in [0.5, 0.6) is 0 Å². The number of ether oxygens (including phenoxy) is 1. The summed E-state index contributed by atoms with van der Waals surface area (Å²) in [6, 6.07) is 4.73. The van der Waals surface area contributed by atoms with Gasteiger partial charge < -0.3 is 10.1 Å². The molecule has 0 saturated carbocycles. The van der Waals surface area contributed by atoms with Gasteiger partial charge in [-0.3, -0.25) is 4.98 Å². The summed E-state index contributed by atoms with van der Waals surface area (Å²) < 4.78 is 5.54. The number of aromatic nitrogens is 1. The molecular weight excluding hydrogens is 224 g/mol. The van der Waals surface area contributed by atoms with Gasteiger partial charge >= 0.3 is 0 Å². The van der Waals surface area contributed by atoms with Crippen LogP contribution in [-0.4, -0.2) is 24.7 Å². The third-order valence-corrected chi connectivity index (χ3v) is 4.10. The quantitative estimate of drug-likeness (QED) is 0.889. The number of fused-ring (bicyclic) bond motifs is 1. The van der Waals surface area contributed by atoms with E-state index in [1.807, 2.05) is 6.20 Å². The molecule has 0 aromatic carbocycles. The van der Waals surface area contributed by atoms with Gasteiger partial charge in [0.05, 0.1) is 12.3 Å². The van der Waals surface area contributed by atoms with Crippen LogP contribution in [0.3, 0.4) is 0 Å². The van der Waals surface area contributed by atoms with Crippen molar-refractivity contribution in [3.8, 4) is 0 Å². The highest BCUT2D eigenvalue weighted by Gasteiger charge is 2.22. The van der Waals surface area contributed by atoms with Crippen molar-refractivity contribution in [2.24, 2.45) is 5.92 Å². The molecule has 3 heteroatoms. The Bertz CT molecular complexity index is 388. The van der Waals surface area contributed by atoms with Gasteiger partial charge in [-0.25, -0.2) is 0 Å². The zero-order chi connectivity index (χ0) is 12.2. The Hall–Kier alpha value is -0.930. The Morgan fingerprint density at radius 1 is 1.33 bits per heavy atom. The molecule has 98 valence electrons. The predicted molar refractivity (Wildman–Crippen MR) is 71.5 cm³/mol. The van der Waals surface area contributed by atoms with Crippen molar-refractivity contribution in [2.45, 2.75) is 38.1 Å². The summed E-state index contributed by atoms with van der Waals surface area (Å²) in [4.78, 5) is 4.57. The van der Waals surface area contributed by atoms with Crippen molar-refractivity contribution in [1.82, 2.24) is 10.3 Å². The van der Waals surface area contributed by atoms with E-state index in [0.29, 0.717) is 12.0 Å². The SMILES string of the molecule is c1cnc2c(c1)CCCC2NCC1CCCOC1. The van der Waals surface area contributed by atoms with Crippen LogP contribution in [0.15, 0.2) is 18.3 Å². The molecule has 1 saturated heterocycles. The van der Waals surface area contributed by atoms with Crippen LogP contribution < -0.4 is 5.32 Å². The molecule has 0 radical (unpaired) electrons. The van der Waals surface area contributed by atoms with Gasteiger partial charge in [0, 0.05) is 25.4 Å². The Morgan fingerprint density at radius 3 is 3.22 bits per heavy atom. The fraction of sp³-hybridized carbons (Fsp3) is 0.667. The summed E-state index contributed by atoms with van der Waals surface area (Å²) in [7, 11) is 0. The van der Waals surface area contributed by atoms with E-state index in [1.165, 1.54) is 43.4 Å². The highest BCUT2D eigenvalue weighted by atomic mass is 16.5. The van der Waals surface area contributed by atoms with Gasteiger partial charge in [0.15, 0.2) is 0 Å². The molecule has 1 fully saturated rings. The van der Waals surface area contributed by atoms with Crippen LogP contribution in [0.2, 0.25) is 0 Å². The first-order chi connectivity index (χ1) is 8.93. The number of hydrogen-bond donors (Lipinski definition) is 1. The van der Waals surface area contributed by atoms with E-state index in [4.69, 9.17) is 4.74 Å². The first-order valence-corrected chi connectivity index (χ1v) is 7.18. The van der Waals surface area contributed by atoms with Crippen molar-refractivity contribution in [2.75, 3.05) is 19.8 Å². The molecule has 2 heterocycles. The Labute approximate surface area is 109 Å². The van der Waals surface area contributed by atoms with E-state index < -0.39 is 0 Å². The fourth-order valence-corrected chi connectivity index (χ4v) is 3.09. The minimum Gasteiger partial charge on any atom is -0.381 e. The molecule has 1 aromatic rings. The highest BCUT2D eigenvalue weighted by molar-refractivity contribution is 5.25. The zero-order valence-electron chi connectivity index (χ0n) is 10.9. The van der Waals surface area contributed by atoms with Crippen molar-refractivity contribution in [3.05, 3.63) is 29.6 Å². The van der Waals surface area contributed by atoms with E-state index in [9.17, 15) is 0 Å². The van der Waals surface area contributed by atoms with E-state index in [2.05, 4.69) is 22.4 Å². The molecule has 2 aliphatic rings. The van der Waals surface area contributed by atoms with E-state index >= 15 is 0 Å². The number of aryl methyl sites for hydroxylation is 1. The number of nitrogens with zero attached hydrogens (tertiary/aromatic N) is 1. The molecule has 1 aromatic heterocycles. The van der Waals surface area contributed by atoms with Gasteiger partial charge in [-0.2, -0.15) is 0 Å². The lowest BCUT2D eigenvalue weighted by molar-refractivity contribution is 0.0535. The normalized spacial score (nSPS) is 27.8. The Kier molecular flexibility index (Phi) is 3.91. The molecule has 18 heavy (non-hydrogen) atoms. The summed E-state index contributed by atoms with van der Waals surface area (Å²) in [5.41, 5.74) is 2.71. The standard InChI is InChI=1S/C15H22N2O/c1-5-13-6-2-8-16-15(13)14(7-1)17-10-12-4-3-9-18-11-12/h2,6,8,12,14,17H,1,3-5,7,9-11H2. The summed E-state index contributed by atoms with van der Waals surface area (Å²) in [5, 5.41) is 3.70. The van der Waals surface area contributed by atoms with Crippen molar-refractivity contribution < 1.29 is 4.74 Å². The number of nitrogens with one attached hydrogen (secondary N) is 1. The summed E-state index contributed by atoms with van der Waals surface area (Å²) in [5.74, 6) is 0.688. The van der Waals surface area contributed by atoms with Gasteiger partial charge in [0.1, 0.15) is 0 Å². The second kappa shape index (κ2) is 5.81. The van der Waals surface area contributed by atoms with Crippen LogP contribution in [0, 0.1) is 5.92 Å². The number of pyridine rings is 1. The minimum atomic E-state index is 0.455. The molecule has 1 aliphatic carbocycles. The summed E-state index contributed by atoms with van der Waals surface area (Å²) in [6.45, 7) is 2.94. The van der Waals surface area contributed by atoms with Crippen molar-refractivity contribution in [3.63, 3.8) is 0 Å². The van der Waals surface area contributed by atoms with Crippen molar-refractivity contribution in [1.29, 1.82) is 0 Å². The van der Waals surface area contributed by atoms with Gasteiger partial charge in [-0.15, -0.1) is 0 Å². The predicted octanol–water partition coefficient (Wildman–Crippen LogP) is 2.48. The molecule has 0 spiro atoms.